The normalized spacial score (nSPS) is 19.0. The number of primary amides is 1. The van der Waals surface area contributed by atoms with Crippen molar-refractivity contribution in [2.24, 2.45) is 11.7 Å². The Morgan fingerprint density at radius 3 is 2.62 bits per heavy atom. The van der Waals surface area contributed by atoms with Crippen molar-refractivity contribution in [3.63, 3.8) is 0 Å². The van der Waals surface area contributed by atoms with Crippen LogP contribution in [0.5, 0.6) is 5.75 Å². The Balaban J connectivity index is 2.35. The number of hydrogen-bond donors (Lipinski definition) is 1. The highest BCUT2D eigenvalue weighted by Gasteiger charge is 2.38. The Bertz CT molecular complexity index is 592. The summed E-state index contributed by atoms with van der Waals surface area (Å²) in [6, 6.07) is 3.89. The summed E-state index contributed by atoms with van der Waals surface area (Å²) < 4.78 is 41.6. The predicted octanol–water partition coefficient (Wildman–Crippen LogP) is 2.19. The Kier molecular flexibility index (Phi) is 4.13. The molecule has 0 aliphatic carbocycles. The first-order chi connectivity index (χ1) is 9.67. The number of halogens is 4. The van der Waals surface area contributed by atoms with Crippen LogP contribution in [0.3, 0.4) is 0 Å². The molecule has 1 aliphatic rings. The molecule has 2 rings (SSSR count). The lowest BCUT2D eigenvalue weighted by molar-refractivity contribution is -0.274. The van der Waals surface area contributed by atoms with Crippen LogP contribution < -0.4 is 15.4 Å². The fourth-order valence-corrected chi connectivity index (χ4v) is 2.39. The van der Waals surface area contributed by atoms with Crippen molar-refractivity contribution in [2.75, 3.05) is 11.4 Å². The van der Waals surface area contributed by atoms with Gasteiger partial charge in [-0.15, -0.1) is 13.2 Å². The molecule has 114 valence electrons. The van der Waals surface area contributed by atoms with Crippen LogP contribution in [-0.2, 0) is 9.59 Å². The average Bonchev–Trinajstić information content (AvgIpc) is 2.69. The van der Waals surface area contributed by atoms with Crippen LogP contribution in [0.25, 0.3) is 0 Å². The molecule has 2 N–H and O–H groups in total. The van der Waals surface area contributed by atoms with Gasteiger partial charge >= 0.3 is 6.36 Å². The van der Waals surface area contributed by atoms with Gasteiger partial charge in [-0.25, -0.2) is 0 Å². The van der Waals surface area contributed by atoms with Crippen LogP contribution in [0.4, 0.5) is 18.9 Å². The Hall–Kier alpha value is -1.77. The zero-order valence-corrected chi connectivity index (χ0v) is 12.1. The lowest BCUT2D eigenvalue weighted by Gasteiger charge is -2.21. The fraction of sp³-hybridized carbons (Fsp3) is 0.333. The van der Waals surface area contributed by atoms with E-state index in [1.807, 2.05) is 0 Å². The molecule has 1 unspecified atom stereocenters. The van der Waals surface area contributed by atoms with Crippen LogP contribution in [-0.4, -0.2) is 24.7 Å². The molecule has 1 atom stereocenters. The van der Waals surface area contributed by atoms with E-state index in [2.05, 4.69) is 20.7 Å². The molecule has 0 spiro atoms. The number of anilines is 1. The van der Waals surface area contributed by atoms with Crippen molar-refractivity contribution < 1.29 is 27.5 Å². The van der Waals surface area contributed by atoms with E-state index in [1.54, 1.807) is 0 Å². The quantitative estimate of drug-likeness (QED) is 0.890. The maximum absolute atomic E-state index is 12.4. The van der Waals surface area contributed by atoms with E-state index < -0.39 is 29.8 Å². The predicted molar refractivity (Wildman–Crippen MR) is 70.5 cm³/mol. The standard InChI is InChI=1S/C12H10BrF3N2O3/c13-7-1-2-8(9(4-7)21-12(14,15)16)18-5-6(11(17)20)3-10(18)19/h1-2,4,6H,3,5H2,(H2,17,20). The number of carbonyl (C=O) groups excluding carboxylic acids is 2. The highest BCUT2D eigenvalue weighted by Crippen LogP contribution is 2.37. The zero-order chi connectivity index (χ0) is 15.8. The highest BCUT2D eigenvalue weighted by molar-refractivity contribution is 9.10. The van der Waals surface area contributed by atoms with E-state index in [9.17, 15) is 22.8 Å². The van der Waals surface area contributed by atoms with E-state index in [0.29, 0.717) is 4.47 Å². The van der Waals surface area contributed by atoms with Crippen LogP contribution in [0.1, 0.15) is 6.42 Å². The highest BCUT2D eigenvalue weighted by atomic mass is 79.9. The molecular weight excluding hydrogens is 357 g/mol. The van der Waals surface area contributed by atoms with Crippen LogP contribution in [0.2, 0.25) is 0 Å². The molecule has 2 amide bonds. The first kappa shape index (κ1) is 15.6. The number of nitrogens with zero attached hydrogens (tertiary/aromatic N) is 1. The van der Waals surface area contributed by atoms with Gasteiger partial charge in [0.15, 0.2) is 5.75 Å². The molecule has 0 aromatic heterocycles. The summed E-state index contributed by atoms with van der Waals surface area (Å²) in [7, 11) is 0. The topological polar surface area (TPSA) is 72.6 Å². The molecule has 0 radical (unpaired) electrons. The molecule has 1 aromatic rings. The van der Waals surface area contributed by atoms with E-state index >= 15 is 0 Å². The molecule has 1 fully saturated rings. The Morgan fingerprint density at radius 1 is 1.43 bits per heavy atom. The largest absolute Gasteiger partial charge is 0.573 e. The van der Waals surface area contributed by atoms with Crippen molar-refractivity contribution in [2.45, 2.75) is 12.8 Å². The third-order valence-electron chi connectivity index (χ3n) is 2.97. The summed E-state index contributed by atoms with van der Waals surface area (Å²) >= 11 is 3.04. The van der Waals surface area contributed by atoms with Gasteiger partial charge in [-0.2, -0.15) is 0 Å². The van der Waals surface area contributed by atoms with E-state index in [4.69, 9.17) is 5.73 Å². The van der Waals surface area contributed by atoms with Gasteiger partial charge in [0.1, 0.15) is 0 Å². The molecule has 9 heteroatoms. The van der Waals surface area contributed by atoms with E-state index in [0.717, 1.165) is 11.0 Å². The SMILES string of the molecule is NC(=O)C1CC(=O)N(c2ccc(Br)cc2OC(F)(F)F)C1. The second-order valence-electron chi connectivity index (χ2n) is 4.47. The van der Waals surface area contributed by atoms with E-state index in [-0.39, 0.29) is 18.7 Å². The number of alkyl halides is 3. The fourth-order valence-electron chi connectivity index (χ4n) is 2.05. The summed E-state index contributed by atoms with van der Waals surface area (Å²) in [5, 5.41) is 0. The lowest BCUT2D eigenvalue weighted by atomic mass is 10.1. The average molecular weight is 367 g/mol. The van der Waals surface area contributed by atoms with Gasteiger partial charge in [0.25, 0.3) is 0 Å². The minimum absolute atomic E-state index is 0.0516. The molecule has 5 nitrogen and oxygen atoms in total. The zero-order valence-electron chi connectivity index (χ0n) is 10.5. The van der Waals surface area contributed by atoms with Gasteiger partial charge in [0.2, 0.25) is 11.8 Å². The first-order valence-corrected chi connectivity index (χ1v) is 6.61. The number of nitrogens with two attached hydrogens (primary N) is 1. The number of amides is 2. The van der Waals surface area contributed by atoms with Crippen LogP contribution in [0.15, 0.2) is 22.7 Å². The van der Waals surface area contributed by atoms with Crippen LogP contribution >= 0.6 is 15.9 Å². The minimum Gasteiger partial charge on any atom is -0.404 e. The maximum atomic E-state index is 12.4. The monoisotopic (exact) mass is 366 g/mol. The summed E-state index contributed by atoms with van der Waals surface area (Å²) in [4.78, 5) is 24.1. The van der Waals surface area contributed by atoms with Gasteiger partial charge in [0, 0.05) is 17.4 Å². The lowest BCUT2D eigenvalue weighted by Crippen LogP contribution is -2.29. The number of carbonyl (C=O) groups is 2. The third-order valence-corrected chi connectivity index (χ3v) is 3.46. The van der Waals surface area contributed by atoms with Gasteiger partial charge in [-0.3, -0.25) is 9.59 Å². The third kappa shape index (κ3) is 3.66. The number of benzene rings is 1. The molecular formula is C12H10BrF3N2O3. The van der Waals surface area contributed by atoms with Gasteiger partial charge in [0.05, 0.1) is 11.6 Å². The number of hydrogen-bond acceptors (Lipinski definition) is 3. The summed E-state index contributed by atoms with van der Waals surface area (Å²) in [6.45, 7) is -0.0655. The Labute approximate surface area is 126 Å². The molecule has 1 aromatic carbocycles. The molecule has 0 saturated carbocycles. The van der Waals surface area contributed by atoms with Crippen molar-refractivity contribution in [3.05, 3.63) is 22.7 Å². The second kappa shape index (κ2) is 5.55. The summed E-state index contributed by atoms with van der Waals surface area (Å²) in [5.74, 6) is -2.38. The van der Waals surface area contributed by atoms with Crippen molar-refractivity contribution in [3.8, 4) is 5.75 Å². The van der Waals surface area contributed by atoms with E-state index in [1.165, 1.54) is 12.1 Å². The molecule has 21 heavy (non-hydrogen) atoms. The van der Waals surface area contributed by atoms with Crippen LogP contribution in [0, 0.1) is 5.92 Å². The molecule has 1 heterocycles. The van der Waals surface area contributed by atoms with Gasteiger partial charge in [-0.1, -0.05) is 15.9 Å². The van der Waals surface area contributed by atoms with Crippen molar-refractivity contribution in [1.29, 1.82) is 0 Å². The molecule has 1 aliphatic heterocycles. The smallest absolute Gasteiger partial charge is 0.404 e. The second-order valence-corrected chi connectivity index (χ2v) is 5.38. The molecule has 1 saturated heterocycles. The summed E-state index contributed by atoms with van der Waals surface area (Å²) in [5.41, 5.74) is 5.08. The first-order valence-electron chi connectivity index (χ1n) is 5.82. The number of rotatable bonds is 3. The molecule has 0 bridgehead atoms. The van der Waals surface area contributed by atoms with Crippen molar-refractivity contribution >= 4 is 33.4 Å². The Morgan fingerprint density at radius 2 is 2.10 bits per heavy atom. The summed E-state index contributed by atoms with van der Waals surface area (Å²) in [6.07, 6.45) is -5.02. The maximum Gasteiger partial charge on any atom is 0.573 e. The van der Waals surface area contributed by atoms with Gasteiger partial charge < -0.3 is 15.4 Å². The minimum atomic E-state index is -4.89. The van der Waals surface area contributed by atoms with Crippen molar-refractivity contribution in [1.82, 2.24) is 0 Å². The van der Waals surface area contributed by atoms with Gasteiger partial charge in [-0.05, 0) is 18.2 Å². The number of ether oxygens (including phenoxy) is 1.